The molecule has 2 nitrogen and oxygen atoms in total. The first kappa shape index (κ1) is 10.0. The fourth-order valence-corrected chi connectivity index (χ4v) is 2.69. The lowest BCUT2D eigenvalue weighted by Crippen LogP contribution is -2.35. The highest BCUT2D eigenvalue weighted by molar-refractivity contribution is 5.85. The zero-order valence-electron chi connectivity index (χ0n) is 9.38. The van der Waals surface area contributed by atoms with Crippen LogP contribution in [0.5, 0.6) is 0 Å². The molecule has 80 valence electrons. The van der Waals surface area contributed by atoms with E-state index in [0.29, 0.717) is 11.8 Å². The van der Waals surface area contributed by atoms with Crippen LogP contribution in [0.4, 0.5) is 0 Å². The van der Waals surface area contributed by atoms with Crippen LogP contribution in [0.15, 0.2) is 0 Å². The number of hydrogen-bond acceptors (Lipinski definition) is 1. The highest BCUT2D eigenvalue weighted by Crippen LogP contribution is 2.52. The van der Waals surface area contributed by atoms with Crippen molar-refractivity contribution in [1.82, 2.24) is 4.90 Å². The predicted octanol–water partition coefficient (Wildman–Crippen LogP) is 2.44. The second kappa shape index (κ2) is 3.56. The first-order valence-corrected chi connectivity index (χ1v) is 5.93. The fourth-order valence-electron chi connectivity index (χ4n) is 2.69. The molecule has 0 aromatic carbocycles. The molecule has 1 saturated carbocycles. The highest BCUT2D eigenvalue weighted by atomic mass is 16.2. The predicted molar refractivity (Wildman–Crippen MR) is 56.9 cm³/mol. The number of carbonyl (C=O) groups is 1. The van der Waals surface area contributed by atoms with Gasteiger partial charge in [-0.15, -0.1) is 0 Å². The van der Waals surface area contributed by atoms with Crippen molar-refractivity contribution in [1.29, 1.82) is 0 Å². The Labute approximate surface area is 86.7 Å². The summed E-state index contributed by atoms with van der Waals surface area (Å²) in [5.74, 6) is 1.12. The third-order valence-corrected chi connectivity index (χ3v) is 3.50. The van der Waals surface area contributed by atoms with E-state index >= 15 is 0 Å². The van der Waals surface area contributed by atoms with Gasteiger partial charge in [-0.05, 0) is 38.0 Å². The standard InChI is InChI=1S/C12H21NO/c1-10(2)9-12(5-6-12)11(14)13-7-3-4-8-13/h10H,3-9H2,1-2H3. The van der Waals surface area contributed by atoms with Gasteiger partial charge >= 0.3 is 0 Å². The number of carbonyl (C=O) groups excluding carboxylic acids is 1. The summed E-state index contributed by atoms with van der Waals surface area (Å²) in [4.78, 5) is 14.3. The molecule has 2 rings (SSSR count). The summed E-state index contributed by atoms with van der Waals surface area (Å²) in [6, 6.07) is 0. The molecule has 0 atom stereocenters. The molecule has 1 heterocycles. The molecule has 14 heavy (non-hydrogen) atoms. The van der Waals surface area contributed by atoms with Crippen molar-refractivity contribution in [3.63, 3.8) is 0 Å². The molecule has 2 fully saturated rings. The molecule has 0 aromatic heterocycles. The summed E-state index contributed by atoms with van der Waals surface area (Å²) >= 11 is 0. The average Bonchev–Trinajstić information content (AvgIpc) is 2.70. The number of nitrogens with zero attached hydrogens (tertiary/aromatic N) is 1. The average molecular weight is 195 g/mol. The van der Waals surface area contributed by atoms with Crippen LogP contribution in [0.3, 0.4) is 0 Å². The second-order valence-electron chi connectivity index (χ2n) is 5.38. The normalized spacial score (nSPS) is 24.4. The van der Waals surface area contributed by atoms with Crippen LogP contribution in [0.1, 0.15) is 46.0 Å². The Morgan fingerprint density at radius 3 is 2.29 bits per heavy atom. The first-order chi connectivity index (χ1) is 6.64. The zero-order chi connectivity index (χ0) is 10.2. The fraction of sp³-hybridized carbons (Fsp3) is 0.917. The number of amides is 1. The van der Waals surface area contributed by atoms with Gasteiger partial charge in [-0.1, -0.05) is 13.8 Å². The Kier molecular flexibility index (Phi) is 2.54. The summed E-state index contributed by atoms with van der Waals surface area (Å²) in [7, 11) is 0. The molecule has 1 amide bonds. The maximum atomic E-state index is 12.2. The van der Waals surface area contributed by atoms with Gasteiger partial charge in [0.2, 0.25) is 5.91 Å². The van der Waals surface area contributed by atoms with E-state index in [9.17, 15) is 4.79 Å². The molecule has 0 spiro atoms. The molecule has 1 aliphatic carbocycles. The molecular weight excluding hydrogens is 174 g/mol. The minimum atomic E-state index is 0.0819. The second-order valence-corrected chi connectivity index (χ2v) is 5.38. The summed E-state index contributed by atoms with van der Waals surface area (Å²) in [5.41, 5.74) is 0.0819. The molecule has 0 unspecified atom stereocenters. The number of likely N-dealkylation sites (tertiary alicyclic amines) is 1. The van der Waals surface area contributed by atoms with E-state index in [0.717, 1.165) is 32.4 Å². The first-order valence-electron chi connectivity index (χ1n) is 5.93. The lowest BCUT2D eigenvalue weighted by atomic mass is 9.93. The van der Waals surface area contributed by atoms with Gasteiger partial charge in [-0.25, -0.2) is 0 Å². The van der Waals surface area contributed by atoms with Gasteiger partial charge in [0.15, 0.2) is 0 Å². The number of rotatable bonds is 3. The monoisotopic (exact) mass is 195 g/mol. The smallest absolute Gasteiger partial charge is 0.228 e. The molecule has 1 aliphatic heterocycles. The third-order valence-electron chi connectivity index (χ3n) is 3.50. The van der Waals surface area contributed by atoms with Crippen LogP contribution < -0.4 is 0 Å². The van der Waals surface area contributed by atoms with Gasteiger partial charge in [0, 0.05) is 18.5 Å². The van der Waals surface area contributed by atoms with Crippen LogP contribution in [-0.2, 0) is 4.79 Å². The van der Waals surface area contributed by atoms with Crippen molar-refractivity contribution in [2.24, 2.45) is 11.3 Å². The van der Waals surface area contributed by atoms with Crippen LogP contribution in [-0.4, -0.2) is 23.9 Å². The Morgan fingerprint density at radius 1 is 1.29 bits per heavy atom. The SMILES string of the molecule is CC(C)CC1(C(=O)N2CCCC2)CC1. The van der Waals surface area contributed by atoms with Crippen molar-refractivity contribution < 1.29 is 4.79 Å². The van der Waals surface area contributed by atoms with E-state index in [-0.39, 0.29) is 5.41 Å². The summed E-state index contributed by atoms with van der Waals surface area (Å²) in [6.07, 6.45) is 5.80. The van der Waals surface area contributed by atoms with E-state index in [2.05, 4.69) is 18.7 Å². The Morgan fingerprint density at radius 2 is 1.86 bits per heavy atom. The van der Waals surface area contributed by atoms with Crippen molar-refractivity contribution in [3.05, 3.63) is 0 Å². The van der Waals surface area contributed by atoms with Crippen LogP contribution >= 0.6 is 0 Å². The van der Waals surface area contributed by atoms with Crippen molar-refractivity contribution >= 4 is 5.91 Å². The largest absolute Gasteiger partial charge is 0.342 e. The molecular formula is C12H21NO. The zero-order valence-corrected chi connectivity index (χ0v) is 9.38. The topological polar surface area (TPSA) is 20.3 Å². The molecule has 2 heteroatoms. The lowest BCUT2D eigenvalue weighted by Gasteiger charge is -2.23. The Balaban J connectivity index is 1.96. The van der Waals surface area contributed by atoms with Gasteiger partial charge in [-0.3, -0.25) is 4.79 Å². The molecule has 0 aromatic rings. The van der Waals surface area contributed by atoms with Gasteiger partial charge in [0.25, 0.3) is 0 Å². The van der Waals surface area contributed by atoms with E-state index in [1.54, 1.807) is 0 Å². The molecule has 0 bridgehead atoms. The van der Waals surface area contributed by atoms with Crippen LogP contribution in [0.2, 0.25) is 0 Å². The molecule has 1 saturated heterocycles. The van der Waals surface area contributed by atoms with E-state index in [1.807, 2.05) is 0 Å². The Bertz CT molecular complexity index is 224. The highest BCUT2D eigenvalue weighted by Gasteiger charge is 2.51. The maximum absolute atomic E-state index is 12.2. The van der Waals surface area contributed by atoms with Crippen LogP contribution in [0.25, 0.3) is 0 Å². The molecule has 0 N–H and O–H groups in total. The van der Waals surface area contributed by atoms with Gasteiger partial charge < -0.3 is 4.90 Å². The molecule has 2 aliphatic rings. The van der Waals surface area contributed by atoms with E-state index < -0.39 is 0 Å². The van der Waals surface area contributed by atoms with E-state index in [1.165, 1.54) is 12.8 Å². The summed E-state index contributed by atoms with van der Waals surface area (Å²) in [6.45, 7) is 6.46. The molecule has 0 radical (unpaired) electrons. The third kappa shape index (κ3) is 1.79. The van der Waals surface area contributed by atoms with E-state index in [4.69, 9.17) is 0 Å². The van der Waals surface area contributed by atoms with Crippen molar-refractivity contribution in [2.75, 3.05) is 13.1 Å². The summed E-state index contributed by atoms with van der Waals surface area (Å²) < 4.78 is 0. The number of hydrogen-bond donors (Lipinski definition) is 0. The van der Waals surface area contributed by atoms with Gasteiger partial charge in [-0.2, -0.15) is 0 Å². The van der Waals surface area contributed by atoms with Gasteiger partial charge in [0.1, 0.15) is 0 Å². The summed E-state index contributed by atoms with van der Waals surface area (Å²) in [5, 5.41) is 0. The van der Waals surface area contributed by atoms with Crippen molar-refractivity contribution in [3.8, 4) is 0 Å². The van der Waals surface area contributed by atoms with Crippen LogP contribution in [0, 0.1) is 11.3 Å². The quantitative estimate of drug-likeness (QED) is 0.677. The van der Waals surface area contributed by atoms with Crippen molar-refractivity contribution in [2.45, 2.75) is 46.0 Å². The minimum Gasteiger partial charge on any atom is -0.342 e. The lowest BCUT2D eigenvalue weighted by molar-refractivity contribution is -0.136. The minimum absolute atomic E-state index is 0.0819. The Hall–Kier alpha value is -0.530. The van der Waals surface area contributed by atoms with Gasteiger partial charge in [0.05, 0.1) is 0 Å². The maximum Gasteiger partial charge on any atom is 0.228 e.